The van der Waals surface area contributed by atoms with E-state index in [-0.39, 0.29) is 19.0 Å². The molecule has 1 heterocycles. The lowest BCUT2D eigenvalue weighted by Gasteiger charge is -2.31. The Labute approximate surface area is 114 Å². The maximum absolute atomic E-state index is 12.4. The average molecular weight is 272 g/mol. The van der Waals surface area contributed by atoms with Crippen molar-refractivity contribution in [3.05, 3.63) is 0 Å². The highest BCUT2D eigenvalue weighted by molar-refractivity contribution is 5.83. The number of carboxylic acid groups (broad SMARTS) is 1. The van der Waals surface area contributed by atoms with Gasteiger partial charge < -0.3 is 20.0 Å². The number of hydrogen-bond donors (Lipinski definition) is 2. The van der Waals surface area contributed by atoms with E-state index in [1.807, 2.05) is 6.92 Å². The summed E-state index contributed by atoms with van der Waals surface area (Å²) in [6.07, 6.45) is 0.337. The fourth-order valence-electron chi connectivity index (χ4n) is 2.29. The summed E-state index contributed by atoms with van der Waals surface area (Å²) >= 11 is 0. The zero-order valence-electron chi connectivity index (χ0n) is 11.9. The largest absolute Gasteiger partial charge is 0.480 e. The van der Waals surface area contributed by atoms with Crippen LogP contribution in [-0.4, -0.2) is 63.8 Å². The number of likely N-dealkylation sites (tertiary alicyclic amines) is 1. The van der Waals surface area contributed by atoms with Gasteiger partial charge in [-0.15, -0.1) is 0 Å². The zero-order valence-corrected chi connectivity index (χ0v) is 11.9. The summed E-state index contributed by atoms with van der Waals surface area (Å²) in [4.78, 5) is 26.4. The number of aliphatic hydroxyl groups is 1. The Balaban J connectivity index is 2.75. The molecule has 6 heteroatoms. The fourth-order valence-corrected chi connectivity index (χ4v) is 2.29. The second kappa shape index (κ2) is 6.75. The number of aliphatic carboxylic acids is 1. The van der Waals surface area contributed by atoms with E-state index >= 15 is 0 Å². The zero-order chi connectivity index (χ0) is 14.6. The first-order chi connectivity index (χ1) is 8.90. The molecule has 1 fully saturated rings. The monoisotopic (exact) mass is 272 g/mol. The minimum atomic E-state index is -1.05. The van der Waals surface area contributed by atoms with Gasteiger partial charge >= 0.3 is 12.0 Å². The summed E-state index contributed by atoms with van der Waals surface area (Å²) in [7, 11) is 0. The predicted octanol–water partition coefficient (Wildman–Crippen LogP) is 0.994. The van der Waals surface area contributed by atoms with Crippen molar-refractivity contribution in [2.24, 2.45) is 5.92 Å². The second-order valence-corrected chi connectivity index (χ2v) is 5.23. The number of rotatable bonds is 5. The minimum Gasteiger partial charge on any atom is -0.480 e. The molecule has 0 aliphatic carbocycles. The summed E-state index contributed by atoms with van der Waals surface area (Å²) in [5.41, 5.74) is 0. The SMILES string of the molecule is CCC(C)CN(CC)C(=O)N1CC(O)CC1C(=O)O. The van der Waals surface area contributed by atoms with Crippen molar-refractivity contribution in [1.82, 2.24) is 9.80 Å². The van der Waals surface area contributed by atoms with Crippen LogP contribution in [-0.2, 0) is 4.79 Å². The van der Waals surface area contributed by atoms with Crippen LogP contribution in [0.5, 0.6) is 0 Å². The van der Waals surface area contributed by atoms with Gasteiger partial charge in [-0.3, -0.25) is 0 Å². The van der Waals surface area contributed by atoms with Crippen LogP contribution in [0.3, 0.4) is 0 Å². The maximum Gasteiger partial charge on any atom is 0.326 e. The van der Waals surface area contributed by atoms with Gasteiger partial charge in [0.2, 0.25) is 0 Å². The van der Waals surface area contributed by atoms with Crippen LogP contribution in [0, 0.1) is 5.92 Å². The molecule has 0 radical (unpaired) electrons. The molecule has 1 aliphatic heterocycles. The van der Waals surface area contributed by atoms with Gasteiger partial charge in [0.05, 0.1) is 6.10 Å². The van der Waals surface area contributed by atoms with E-state index in [0.29, 0.717) is 19.0 Å². The highest BCUT2D eigenvalue weighted by atomic mass is 16.4. The van der Waals surface area contributed by atoms with E-state index in [1.54, 1.807) is 4.90 Å². The first-order valence-corrected chi connectivity index (χ1v) is 6.87. The summed E-state index contributed by atoms with van der Waals surface area (Å²) < 4.78 is 0. The molecule has 0 aromatic rings. The van der Waals surface area contributed by atoms with Crippen LogP contribution in [0.25, 0.3) is 0 Å². The van der Waals surface area contributed by atoms with Crippen molar-refractivity contribution >= 4 is 12.0 Å². The molecular formula is C13H24N2O4. The number of carbonyl (C=O) groups excluding carboxylic acids is 1. The Morgan fingerprint density at radius 2 is 2.05 bits per heavy atom. The second-order valence-electron chi connectivity index (χ2n) is 5.23. The Hall–Kier alpha value is -1.30. The summed E-state index contributed by atoms with van der Waals surface area (Å²) in [6.45, 7) is 7.26. The Morgan fingerprint density at radius 3 is 2.53 bits per heavy atom. The first kappa shape index (κ1) is 15.8. The Morgan fingerprint density at radius 1 is 1.42 bits per heavy atom. The van der Waals surface area contributed by atoms with Crippen molar-refractivity contribution in [3.63, 3.8) is 0 Å². The number of carboxylic acids is 1. The van der Waals surface area contributed by atoms with Crippen LogP contribution in [0.1, 0.15) is 33.6 Å². The molecule has 1 saturated heterocycles. The van der Waals surface area contributed by atoms with E-state index in [9.17, 15) is 14.7 Å². The van der Waals surface area contributed by atoms with E-state index in [1.165, 1.54) is 4.90 Å². The van der Waals surface area contributed by atoms with Crippen LogP contribution < -0.4 is 0 Å². The van der Waals surface area contributed by atoms with Crippen LogP contribution in [0.2, 0.25) is 0 Å². The van der Waals surface area contributed by atoms with Gasteiger partial charge in [0.1, 0.15) is 6.04 Å². The maximum atomic E-state index is 12.4. The Kier molecular flexibility index (Phi) is 5.60. The molecule has 0 aromatic heterocycles. The van der Waals surface area contributed by atoms with Crippen molar-refractivity contribution in [1.29, 1.82) is 0 Å². The molecule has 6 nitrogen and oxygen atoms in total. The number of amides is 2. The number of carbonyl (C=O) groups is 2. The highest BCUT2D eigenvalue weighted by Crippen LogP contribution is 2.20. The molecule has 3 atom stereocenters. The van der Waals surface area contributed by atoms with Gasteiger partial charge in [-0.25, -0.2) is 9.59 Å². The lowest BCUT2D eigenvalue weighted by molar-refractivity contribution is -0.141. The van der Waals surface area contributed by atoms with Crippen LogP contribution in [0.15, 0.2) is 0 Å². The van der Waals surface area contributed by atoms with E-state index < -0.39 is 18.1 Å². The van der Waals surface area contributed by atoms with Gasteiger partial charge in [-0.2, -0.15) is 0 Å². The standard InChI is InChI=1S/C13H24N2O4/c1-4-9(3)7-14(5-2)13(19)15-8-10(16)6-11(15)12(17)18/h9-11,16H,4-8H2,1-3H3,(H,17,18). The van der Waals surface area contributed by atoms with Crippen molar-refractivity contribution < 1.29 is 19.8 Å². The molecule has 0 aromatic carbocycles. The highest BCUT2D eigenvalue weighted by Gasteiger charge is 2.40. The van der Waals surface area contributed by atoms with E-state index in [4.69, 9.17) is 5.11 Å². The smallest absolute Gasteiger partial charge is 0.326 e. The molecule has 2 N–H and O–H groups in total. The molecule has 2 amide bonds. The van der Waals surface area contributed by atoms with Crippen molar-refractivity contribution in [2.75, 3.05) is 19.6 Å². The quantitative estimate of drug-likeness (QED) is 0.782. The number of urea groups is 1. The number of aliphatic hydroxyl groups excluding tert-OH is 1. The average Bonchev–Trinajstić information content (AvgIpc) is 2.77. The predicted molar refractivity (Wildman–Crippen MR) is 70.9 cm³/mol. The van der Waals surface area contributed by atoms with E-state index in [2.05, 4.69) is 13.8 Å². The number of nitrogens with zero attached hydrogens (tertiary/aromatic N) is 2. The van der Waals surface area contributed by atoms with Gasteiger partial charge in [0, 0.05) is 26.1 Å². The van der Waals surface area contributed by atoms with Gasteiger partial charge in [-0.05, 0) is 12.8 Å². The normalized spacial score (nSPS) is 24.3. The topological polar surface area (TPSA) is 81.1 Å². The van der Waals surface area contributed by atoms with Gasteiger partial charge in [0.15, 0.2) is 0 Å². The molecule has 110 valence electrons. The molecular weight excluding hydrogens is 248 g/mol. The lowest BCUT2D eigenvalue weighted by atomic mass is 10.1. The summed E-state index contributed by atoms with van der Waals surface area (Å²) in [6, 6.07) is -1.19. The van der Waals surface area contributed by atoms with E-state index in [0.717, 1.165) is 6.42 Å². The first-order valence-electron chi connectivity index (χ1n) is 6.87. The summed E-state index contributed by atoms with van der Waals surface area (Å²) in [5.74, 6) is -0.677. The molecule has 0 spiro atoms. The van der Waals surface area contributed by atoms with Crippen molar-refractivity contribution in [3.8, 4) is 0 Å². The van der Waals surface area contributed by atoms with Crippen LogP contribution >= 0.6 is 0 Å². The molecule has 0 bridgehead atoms. The molecule has 0 saturated carbocycles. The number of hydrogen-bond acceptors (Lipinski definition) is 3. The third-order valence-electron chi connectivity index (χ3n) is 3.69. The van der Waals surface area contributed by atoms with Gasteiger partial charge in [0.25, 0.3) is 0 Å². The molecule has 3 unspecified atom stereocenters. The fraction of sp³-hybridized carbons (Fsp3) is 0.846. The van der Waals surface area contributed by atoms with Crippen molar-refractivity contribution in [2.45, 2.75) is 45.8 Å². The number of β-amino-alcohol motifs (C(OH)–C–C–N with tert-alkyl or cyclic N) is 1. The molecule has 1 rings (SSSR count). The molecule has 1 aliphatic rings. The summed E-state index contributed by atoms with van der Waals surface area (Å²) in [5, 5.41) is 18.7. The minimum absolute atomic E-state index is 0.104. The lowest BCUT2D eigenvalue weighted by Crippen LogP contribution is -2.49. The third-order valence-corrected chi connectivity index (χ3v) is 3.69. The Bertz CT molecular complexity index is 335. The van der Waals surface area contributed by atoms with Crippen LogP contribution in [0.4, 0.5) is 4.79 Å². The third kappa shape index (κ3) is 3.83. The van der Waals surface area contributed by atoms with Gasteiger partial charge in [-0.1, -0.05) is 20.3 Å². The molecule has 19 heavy (non-hydrogen) atoms.